The van der Waals surface area contributed by atoms with Gasteiger partial charge in [0.25, 0.3) is 0 Å². The highest BCUT2D eigenvalue weighted by Crippen LogP contribution is 2.36. The predicted octanol–water partition coefficient (Wildman–Crippen LogP) is 5.66. The normalized spacial score (nSPS) is 28.3. The fourth-order valence-corrected chi connectivity index (χ4v) is 3.81. The Balaban J connectivity index is 1.95. The average Bonchev–Trinajstić information content (AvgIpc) is 2.36. The summed E-state index contributed by atoms with van der Waals surface area (Å²) in [5.41, 5.74) is 1.45. The quantitative estimate of drug-likeness (QED) is 0.470. The molecular formula is C16H22ClI. The number of rotatable bonds is 4. The van der Waals surface area contributed by atoms with E-state index in [2.05, 4.69) is 53.8 Å². The molecule has 0 aromatic heterocycles. The average molecular weight is 377 g/mol. The van der Waals surface area contributed by atoms with Gasteiger partial charge in [0.2, 0.25) is 0 Å². The fourth-order valence-electron chi connectivity index (χ4n) is 3.13. The molecule has 1 aromatic rings. The molecule has 0 heterocycles. The van der Waals surface area contributed by atoms with E-state index < -0.39 is 0 Å². The monoisotopic (exact) mass is 376 g/mol. The van der Waals surface area contributed by atoms with E-state index in [1.54, 1.807) is 0 Å². The summed E-state index contributed by atoms with van der Waals surface area (Å²) in [4.78, 5) is 0. The van der Waals surface area contributed by atoms with Gasteiger partial charge in [0.15, 0.2) is 0 Å². The first-order valence-electron chi connectivity index (χ1n) is 7.07. The second-order valence-electron chi connectivity index (χ2n) is 5.57. The van der Waals surface area contributed by atoms with E-state index >= 15 is 0 Å². The summed E-state index contributed by atoms with van der Waals surface area (Å²) < 4.78 is 1.31. The Morgan fingerprint density at radius 1 is 1.22 bits per heavy atom. The van der Waals surface area contributed by atoms with Crippen LogP contribution in [-0.4, -0.2) is 5.38 Å². The van der Waals surface area contributed by atoms with Crippen molar-refractivity contribution >= 4 is 34.2 Å². The van der Waals surface area contributed by atoms with Crippen molar-refractivity contribution in [2.24, 2.45) is 11.8 Å². The van der Waals surface area contributed by atoms with Crippen LogP contribution in [0.1, 0.15) is 44.6 Å². The van der Waals surface area contributed by atoms with E-state index in [-0.39, 0.29) is 0 Å². The van der Waals surface area contributed by atoms with Gasteiger partial charge >= 0.3 is 0 Å². The molecule has 0 N–H and O–H groups in total. The minimum atomic E-state index is 0.386. The Labute approximate surface area is 130 Å². The third-order valence-electron chi connectivity index (χ3n) is 4.11. The maximum atomic E-state index is 6.53. The smallest absolute Gasteiger partial charge is 0.0367 e. The minimum Gasteiger partial charge on any atom is -0.123 e. The Bertz CT molecular complexity index is 360. The van der Waals surface area contributed by atoms with Gasteiger partial charge in [-0.05, 0) is 77.8 Å². The van der Waals surface area contributed by atoms with Gasteiger partial charge in [0.1, 0.15) is 0 Å². The van der Waals surface area contributed by atoms with Crippen LogP contribution in [0.15, 0.2) is 24.3 Å². The molecule has 0 amide bonds. The molecule has 1 aromatic carbocycles. The second-order valence-corrected chi connectivity index (χ2v) is 7.38. The highest BCUT2D eigenvalue weighted by atomic mass is 127. The molecule has 3 atom stereocenters. The SMILES string of the molecule is CCCC1CCC(Cl)C(Cc2ccc(I)cc2)C1. The number of benzene rings is 1. The molecule has 1 fully saturated rings. The Morgan fingerprint density at radius 2 is 1.94 bits per heavy atom. The highest BCUT2D eigenvalue weighted by molar-refractivity contribution is 14.1. The Morgan fingerprint density at radius 3 is 2.61 bits per heavy atom. The third kappa shape index (κ3) is 4.12. The molecular weight excluding hydrogens is 355 g/mol. The van der Waals surface area contributed by atoms with E-state index in [1.165, 1.54) is 41.2 Å². The highest BCUT2D eigenvalue weighted by Gasteiger charge is 2.28. The molecule has 100 valence electrons. The zero-order valence-electron chi connectivity index (χ0n) is 11.0. The number of hydrogen-bond donors (Lipinski definition) is 0. The van der Waals surface area contributed by atoms with Crippen LogP contribution in [0, 0.1) is 15.4 Å². The molecule has 2 heteroatoms. The van der Waals surface area contributed by atoms with Gasteiger partial charge in [-0.3, -0.25) is 0 Å². The molecule has 2 rings (SSSR count). The fraction of sp³-hybridized carbons (Fsp3) is 0.625. The van der Waals surface area contributed by atoms with Crippen LogP contribution in [-0.2, 0) is 6.42 Å². The number of halogens is 2. The second kappa shape index (κ2) is 7.14. The molecule has 0 saturated heterocycles. The molecule has 1 aliphatic carbocycles. The first kappa shape index (κ1) is 14.6. The maximum Gasteiger partial charge on any atom is 0.0367 e. The summed E-state index contributed by atoms with van der Waals surface area (Å²) in [6.45, 7) is 2.29. The molecule has 0 nitrogen and oxygen atoms in total. The number of alkyl halides is 1. The van der Waals surface area contributed by atoms with Gasteiger partial charge in [0.05, 0.1) is 0 Å². The third-order valence-corrected chi connectivity index (χ3v) is 5.40. The molecule has 0 aliphatic heterocycles. The van der Waals surface area contributed by atoms with Gasteiger partial charge in [-0.2, -0.15) is 0 Å². The lowest BCUT2D eigenvalue weighted by molar-refractivity contribution is 0.257. The van der Waals surface area contributed by atoms with Crippen LogP contribution in [0.4, 0.5) is 0 Å². The van der Waals surface area contributed by atoms with E-state index in [4.69, 9.17) is 11.6 Å². The van der Waals surface area contributed by atoms with Crippen molar-refractivity contribution in [2.45, 2.75) is 50.8 Å². The molecule has 0 radical (unpaired) electrons. The van der Waals surface area contributed by atoms with Crippen molar-refractivity contribution in [1.82, 2.24) is 0 Å². The number of hydrogen-bond acceptors (Lipinski definition) is 0. The van der Waals surface area contributed by atoms with E-state index in [9.17, 15) is 0 Å². The van der Waals surface area contributed by atoms with Crippen LogP contribution in [0.25, 0.3) is 0 Å². The van der Waals surface area contributed by atoms with E-state index in [1.807, 2.05) is 0 Å². The first-order chi connectivity index (χ1) is 8.69. The molecule has 3 unspecified atom stereocenters. The lowest BCUT2D eigenvalue weighted by atomic mass is 9.76. The molecule has 1 aliphatic rings. The van der Waals surface area contributed by atoms with Gasteiger partial charge in [0, 0.05) is 8.95 Å². The molecule has 18 heavy (non-hydrogen) atoms. The minimum absolute atomic E-state index is 0.386. The lowest BCUT2D eigenvalue weighted by Gasteiger charge is -2.33. The van der Waals surface area contributed by atoms with Crippen LogP contribution in [0.5, 0.6) is 0 Å². The summed E-state index contributed by atoms with van der Waals surface area (Å²) in [6, 6.07) is 8.92. The largest absolute Gasteiger partial charge is 0.123 e. The van der Waals surface area contributed by atoms with Crippen LogP contribution in [0.2, 0.25) is 0 Å². The van der Waals surface area contributed by atoms with Gasteiger partial charge in [-0.25, -0.2) is 0 Å². The van der Waals surface area contributed by atoms with E-state index in [0.717, 1.165) is 12.3 Å². The first-order valence-corrected chi connectivity index (χ1v) is 8.59. The van der Waals surface area contributed by atoms with Crippen molar-refractivity contribution in [3.8, 4) is 0 Å². The van der Waals surface area contributed by atoms with Crippen molar-refractivity contribution in [3.05, 3.63) is 33.4 Å². The van der Waals surface area contributed by atoms with Crippen molar-refractivity contribution in [2.75, 3.05) is 0 Å². The zero-order chi connectivity index (χ0) is 13.0. The molecule has 0 bridgehead atoms. The zero-order valence-corrected chi connectivity index (χ0v) is 14.0. The van der Waals surface area contributed by atoms with Crippen molar-refractivity contribution < 1.29 is 0 Å². The van der Waals surface area contributed by atoms with Crippen LogP contribution >= 0.6 is 34.2 Å². The molecule has 1 saturated carbocycles. The van der Waals surface area contributed by atoms with Crippen molar-refractivity contribution in [1.29, 1.82) is 0 Å². The lowest BCUT2D eigenvalue weighted by Crippen LogP contribution is -2.27. The van der Waals surface area contributed by atoms with Crippen LogP contribution < -0.4 is 0 Å². The molecule has 0 spiro atoms. The van der Waals surface area contributed by atoms with Crippen LogP contribution in [0.3, 0.4) is 0 Å². The summed E-state index contributed by atoms with van der Waals surface area (Å²) in [5, 5.41) is 0.386. The van der Waals surface area contributed by atoms with Gasteiger partial charge < -0.3 is 0 Å². The Hall–Kier alpha value is 0.240. The summed E-state index contributed by atoms with van der Waals surface area (Å²) >= 11 is 8.89. The summed E-state index contributed by atoms with van der Waals surface area (Å²) in [5.74, 6) is 1.59. The topological polar surface area (TPSA) is 0 Å². The maximum absolute atomic E-state index is 6.53. The van der Waals surface area contributed by atoms with Gasteiger partial charge in [-0.15, -0.1) is 11.6 Å². The van der Waals surface area contributed by atoms with Crippen molar-refractivity contribution in [3.63, 3.8) is 0 Å². The van der Waals surface area contributed by atoms with Gasteiger partial charge in [-0.1, -0.05) is 31.9 Å². The summed E-state index contributed by atoms with van der Waals surface area (Å²) in [7, 11) is 0. The predicted molar refractivity (Wildman–Crippen MR) is 88.2 cm³/mol. The standard InChI is InChI=1S/C16H22ClI/c1-2-3-12-6-9-16(17)14(10-12)11-13-4-7-15(18)8-5-13/h4-5,7-8,12,14,16H,2-3,6,9-11H2,1H3. The van der Waals surface area contributed by atoms with E-state index in [0.29, 0.717) is 11.3 Å². The Kier molecular flexibility index (Phi) is 5.81. The summed E-state index contributed by atoms with van der Waals surface area (Å²) in [6.07, 6.45) is 7.73.